The van der Waals surface area contributed by atoms with Crippen molar-refractivity contribution in [2.24, 2.45) is 0 Å². The second-order valence-electron chi connectivity index (χ2n) is 4.21. The first kappa shape index (κ1) is 11.4. The maximum atomic E-state index is 12.1. The molecule has 1 unspecified atom stereocenters. The molecule has 0 spiro atoms. The molecule has 0 fully saturated rings. The number of benzene rings is 1. The van der Waals surface area contributed by atoms with E-state index in [1.807, 2.05) is 19.1 Å². The lowest BCUT2D eigenvalue weighted by Gasteiger charge is -2.28. The van der Waals surface area contributed by atoms with E-state index in [4.69, 9.17) is 5.11 Å². The first-order chi connectivity index (χ1) is 7.45. The molecule has 1 aliphatic rings. The van der Waals surface area contributed by atoms with E-state index >= 15 is 0 Å². The summed E-state index contributed by atoms with van der Waals surface area (Å²) in [5, 5.41) is 12.2. The molecule has 1 heterocycles. The minimum atomic E-state index is -3.28. The van der Waals surface area contributed by atoms with Crippen LogP contribution >= 0.6 is 0 Å². The average Bonchev–Trinajstić information content (AvgIpc) is 2.21. The Morgan fingerprint density at radius 1 is 1.38 bits per heavy atom. The van der Waals surface area contributed by atoms with E-state index in [1.165, 1.54) is 0 Å². The number of sulfone groups is 1. The monoisotopic (exact) mass is 241 g/mol. The predicted octanol–water partition coefficient (Wildman–Crippen LogP) is 0.864. The summed E-state index contributed by atoms with van der Waals surface area (Å²) in [6, 6.07) is 3.29. The predicted molar refractivity (Wildman–Crippen MR) is 62.5 cm³/mol. The third-order valence-corrected chi connectivity index (χ3v) is 4.85. The number of aliphatic hydroxyl groups excluding tert-OH is 1. The summed E-state index contributed by atoms with van der Waals surface area (Å²) in [5.41, 5.74) is 2.29. The van der Waals surface area contributed by atoms with Gasteiger partial charge >= 0.3 is 0 Å². The van der Waals surface area contributed by atoms with Crippen molar-refractivity contribution in [3.8, 4) is 0 Å². The van der Waals surface area contributed by atoms with Gasteiger partial charge in [-0.1, -0.05) is 12.1 Å². The fourth-order valence-electron chi connectivity index (χ4n) is 2.06. The van der Waals surface area contributed by atoms with E-state index in [1.54, 1.807) is 6.92 Å². The van der Waals surface area contributed by atoms with Crippen LogP contribution in [-0.4, -0.2) is 31.9 Å². The molecule has 2 rings (SSSR count). The number of aryl methyl sites for hydroxylation is 2. The number of rotatable bonds is 1. The third-order valence-electron chi connectivity index (χ3n) is 2.86. The third kappa shape index (κ3) is 1.70. The molecule has 1 atom stereocenters. The lowest BCUT2D eigenvalue weighted by atomic mass is 10.1. The van der Waals surface area contributed by atoms with E-state index < -0.39 is 15.9 Å². The Bertz CT molecular complexity index is 522. The summed E-state index contributed by atoms with van der Waals surface area (Å²) >= 11 is 0. The van der Waals surface area contributed by atoms with E-state index in [2.05, 4.69) is 5.32 Å². The van der Waals surface area contributed by atoms with Crippen LogP contribution in [0.3, 0.4) is 0 Å². The largest absolute Gasteiger partial charge is 0.394 e. The molecule has 0 amide bonds. The molecule has 5 heteroatoms. The lowest BCUT2D eigenvalue weighted by molar-refractivity contribution is 0.281. The number of anilines is 1. The van der Waals surface area contributed by atoms with E-state index in [-0.39, 0.29) is 12.4 Å². The second kappa shape index (κ2) is 3.75. The standard InChI is InChI=1S/C11H15NO3S/c1-7-3-4-8(2)11-10(7)12-9(5-13)6-16(11,14)15/h3-4,9,12-13H,5-6H2,1-2H3. The molecule has 0 aliphatic carbocycles. The molecule has 1 aromatic rings. The van der Waals surface area contributed by atoms with Crippen LogP contribution in [0, 0.1) is 13.8 Å². The van der Waals surface area contributed by atoms with E-state index in [0.717, 1.165) is 11.1 Å². The highest BCUT2D eigenvalue weighted by molar-refractivity contribution is 7.91. The number of hydrogen-bond acceptors (Lipinski definition) is 4. The van der Waals surface area contributed by atoms with Crippen molar-refractivity contribution in [3.63, 3.8) is 0 Å². The molecule has 0 aromatic heterocycles. The smallest absolute Gasteiger partial charge is 0.182 e. The minimum Gasteiger partial charge on any atom is -0.394 e. The zero-order chi connectivity index (χ0) is 11.9. The summed E-state index contributed by atoms with van der Waals surface area (Å²) in [7, 11) is -3.28. The Hall–Kier alpha value is -1.07. The van der Waals surface area contributed by atoms with Crippen molar-refractivity contribution in [2.45, 2.75) is 24.8 Å². The Kier molecular flexibility index (Phi) is 2.67. The summed E-state index contributed by atoms with van der Waals surface area (Å²) < 4.78 is 24.1. The number of aliphatic hydroxyl groups is 1. The molecule has 16 heavy (non-hydrogen) atoms. The van der Waals surface area contributed by atoms with Crippen LogP contribution in [0.5, 0.6) is 0 Å². The van der Waals surface area contributed by atoms with Gasteiger partial charge in [-0.15, -0.1) is 0 Å². The van der Waals surface area contributed by atoms with Crippen molar-refractivity contribution in [1.82, 2.24) is 0 Å². The van der Waals surface area contributed by atoms with Crippen molar-refractivity contribution in [2.75, 3.05) is 17.7 Å². The molecule has 4 nitrogen and oxygen atoms in total. The fourth-order valence-corrected chi connectivity index (χ4v) is 4.03. The molecule has 1 aliphatic heterocycles. The van der Waals surface area contributed by atoms with Crippen molar-refractivity contribution < 1.29 is 13.5 Å². The summed E-state index contributed by atoms with van der Waals surface area (Å²) in [6.45, 7) is 3.48. The minimum absolute atomic E-state index is 0.0409. The fraction of sp³-hybridized carbons (Fsp3) is 0.455. The van der Waals surface area contributed by atoms with Crippen LogP contribution in [0.4, 0.5) is 5.69 Å². The highest BCUT2D eigenvalue weighted by Gasteiger charge is 2.31. The maximum absolute atomic E-state index is 12.1. The number of nitrogens with one attached hydrogen (secondary N) is 1. The first-order valence-corrected chi connectivity index (χ1v) is 6.81. The van der Waals surface area contributed by atoms with Gasteiger partial charge in [0.1, 0.15) is 0 Å². The number of fused-ring (bicyclic) bond motifs is 1. The van der Waals surface area contributed by atoms with Gasteiger partial charge < -0.3 is 10.4 Å². The van der Waals surface area contributed by atoms with E-state index in [0.29, 0.717) is 10.6 Å². The van der Waals surface area contributed by atoms with Crippen LogP contribution < -0.4 is 5.32 Å². The summed E-state index contributed by atoms with van der Waals surface area (Å²) in [4.78, 5) is 0.386. The SMILES string of the molecule is Cc1ccc(C)c2c1NC(CO)CS2(=O)=O. The Morgan fingerprint density at radius 3 is 2.62 bits per heavy atom. The zero-order valence-electron chi connectivity index (χ0n) is 9.32. The average molecular weight is 241 g/mol. The Morgan fingerprint density at radius 2 is 2.00 bits per heavy atom. The lowest BCUT2D eigenvalue weighted by Crippen LogP contribution is -2.37. The van der Waals surface area contributed by atoms with Gasteiger partial charge in [-0.25, -0.2) is 8.42 Å². The highest BCUT2D eigenvalue weighted by Crippen LogP contribution is 2.33. The number of hydrogen-bond donors (Lipinski definition) is 2. The van der Waals surface area contributed by atoms with Gasteiger partial charge in [0.2, 0.25) is 0 Å². The second-order valence-corrected chi connectivity index (χ2v) is 6.18. The molecule has 2 N–H and O–H groups in total. The van der Waals surface area contributed by atoms with Gasteiger partial charge in [0.25, 0.3) is 0 Å². The highest BCUT2D eigenvalue weighted by atomic mass is 32.2. The van der Waals surface area contributed by atoms with Gasteiger partial charge in [-0.2, -0.15) is 0 Å². The molecule has 0 bridgehead atoms. The van der Waals surface area contributed by atoms with Gasteiger partial charge in [-0.05, 0) is 25.0 Å². The Balaban J connectivity index is 2.68. The van der Waals surface area contributed by atoms with E-state index in [9.17, 15) is 8.42 Å². The molecule has 0 radical (unpaired) electrons. The molecular weight excluding hydrogens is 226 g/mol. The van der Waals surface area contributed by atoms with Crippen LogP contribution in [0.1, 0.15) is 11.1 Å². The van der Waals surface area contributed by atoms with Crippen LogP contribution in [0.25, 0.3) is 0 Å². The molecule has 88 valence electrons. The van der Waals surface area contributed by atoms with Crippen molar-refractivity contribution in [1.29, 1.82) is 0 Å². The molecule has 1 aromatic carbocycles. The van der Waals surface area contributed by atoms with Crippen LogP contribution in [0.2, 0.25) is 0 Å². The Labute approximate surface area is 95.2 Å². The normalized spacial score (nSPS) is 22.3. The quantitative estimate of drug-likeness (QED) is 0.765. The van der Waals surface area contributed by atoms with Gasteiger partial charge in [0.05, 0.1) is 29.0 Å². The molecule has 0 saturated heterocycles. The van der Waals surface area contributed by atoms with Crippen LogP contribution in [0.15, 0.2) is 17.0 Å². The molecular formula is C11H15NO3S. The van der Waals surface area contributed by atoms with Crippen molar-refractivity contribution in [3.05, 3.63) is 23.3 Å². The van der Waals surface area contributed by atoms with Gasteiger partial charge in [0, 0.05) is 0 Å². The first-order valence-electron chi connectivity index (χ1n) is 5.16. The summed E-state index contributed by atoms with van der Waals surface area (Å²) in [5.74, 6) is -0.0409. The van der Waals surface area contributed by atoms with Crippen LogP contribution in [-0.2, 0) is 9.84 Å². The summed E-state index contributed by atoms with van der Waals surface area (Å²) in [6.07, 6.45) is 0. The van der Waals surface area contributed by atoms with Gasteiger partial charge in [0.15, 0.2) is 9.84 Å². The van der Waals surface area contributed by atoms with Gasteiger partial charge in [-0.3, -0.25) is 0 Å². The molecule has 0 saturated carbocycles. The topological polar surface area (TPSA) is 66.4 Å². The van der Waals surface area contributed by atoms with Crippen molar-refractivity contribution >= 4 is 15.5 Å². The maximum Gasteiger partial charge on any atom is 0.182 e. The zero-order valence-corrected chi connectivity index (χ0v) is 10.1.